The van der Waals surface area contributed by atoms with E-state index in [0.29, 0.717) is 13.0 Å². The number of aliphatic hydroxyl groups is 1. The van der Waals surface area contributed by atoms with Crippen molar-refractivity contribution in [2.45, 2.75) is 32.7 Å². The van der Waals surface area contributed by atoms with Crippen LogP contribution in [0.1, 0.15) is 26.7 Å². The maximum Gasteiger partial charge on any atom is 0.146 e. The lowest BCUT2D eigenvalue weighted by Crippen LogP contribution is -2.33. The maximum absolute atomic E-state index is 10.9. The number of rotatable bonds is 6. The zero-order valence-electron chi connectivity index (χ0n) is 7.26. The minimum absolute atomic E-state index is 0.0239. The quantitative estimate of drug-likeness (QED) is 0.587. The molecule has 3 nitrogen and oxygen atoms in total. The molecular formula is C8H17NO2. The first-order valence-electron chi connectivity index (χ1n) is 4.06. The van der Waals surface area contributed by atoms with Gasteiger partial charge in [0.25, 0.3) is 0 Å². The van der Waals surface area contributed by atoms with Crippen LogP contribution in [-0.2, 0) is 4.79 Å². The van der Waals surface area contributed by atoms with Gasteiger partial charge in [-0.1, -0.05) is 6.92 Å². The number of ketones is 1. The van der Waals surface area contributed by atoms with Gasteiger partial charge in [0.2, 0.25) is 0 Å². The van der Waals surface area contributed by atoms with Gasteiger partial charge in [-0.15, -0.1) is 0 Å². The Morgan fingerprint density at radius 3 is 2.73 bits per heavy atom. The second kappa shape index (κ2) is 6.31. The number of hydrogen-bond acceptors (Lipinski definition) is 3. The van der Waals surface area contributed by atoms with Crippen LogP contribution in [0, 0.1) is 0 Å². The Hall–Kier alpha value is -0.410. The lowest BCUT2D eigenvalue weighted by Gasteiger charge is -2.08. The van der Waals surface area contributed by atoms with Crippen molar-refractivity contribution in [1.29, 1.82) is 0 Å². The van der Waals surface area contributed by atoms with E-state index >= 15 is 0 Å². The topological polar surface area (TPSA) is 49.3 Å². The van der Waals surface area contributed by atoms with Gasteiger partial charge < -0.3 is 10.4 Å². The molecule has 66 valence electrons. The highest BCUT2D eigenvalue weighted by atomic mass is 16.3. The highest BCUT2D eigenvalue weighted by Crippen LogP contribution is 1.88. The summed E-state index contributed by atoms with van der Waals surface area (Å²) in [5.74, 6) is 0.216. The molecule has 0 aromatic heterocycles. The molecule has 0 saturated heterocycles. The van der Waals surface area contributed by atoms with Gasteiger partial charge >= 0.3 is 0 Å². The Morgan fingerprint density at radius 1 is 1.64 bits per heavy atom. The Bertz CT molecular complexity index is 115. The first kappa shape index (κ1) is 10.6. The van der Waals surface area contributed by atoms with Crippen molar-refractivity contribution in [2.75, 3.05) is 13.2 Å². The predicted molar refractivity (Wildman–Crippen MR) is 44.5 cm³/mol. The second-order valence-corrected chi connectivity index (χ2v) is 2.75. The van der Waals surface area contributed by atoms with Crippen molar-refractivity contribution < 1.29 is 9.90 Å². The largest absolute Gasteiger partial charge is 0.395 e. The summed E-state index contributed by atoms with van der Waals surface area (Å²) in [6.07, 6.45) is 1.53. The normalized spacial score (nSPS) is 13.0. The van der Waals surface area contributed by atoms with Crippen LogP contribution in [-0.4, -0.2) is 30.1 Å². The molecule has 0 aromatic rings. The van der Waals surface area contributed by atoms with E-state index in [1.807, 2.05) is 13.8 Å². The molecule has 0 bridgehead atoms. The smallest absolute Gasteiger partial charge is 0.146 e. The van der Waals surface area contributed by atoms with Gasteiger partial charge in [0.15, 0.2) is 0 Å². The predicted octanol–water partition coefficient (Wildman–Crippen LogP) is 0.326. The van der Waals surface area contributed by atoms with Crippen LogP contribution in [0.3, 0.4) is 0 Å². The standard InChI is InChI=1S/C8H17NO2/c1-3-4-8(11)5-9-7(2)6-10/h7,9-10H,3-6H2,1-2H3. The maximum atomic E-state index is 10.9. The van der Waals surface area contributed by atoms with E-state index in [-0.39, 0.29) is 18.4 Å². The molecule has 0 aliphatic rings. The summed E-state index contributed by atoms with van der Waals surface area (Å²) in [6.45, 7) is 4.29. The third-order valence-corrected chi connectivity index (χ3v) is 1.45. The molecule has 11 heavy (non-hydrogen) atoms. The summed E-state index contributed by atoms with van der Waals surface area (Å²) in [6, 6.07) is 0.0239. The van der Waals surface area contributed by atoms with E-state index in [1.165, 1.54) is 0 Å². The Labute approximate surface area is 67.8 Å². The monoisotopic (exact) mass is 159 g/mol. The molecule has 1 unspecified atom stereocenters. The van der Waals surface area contributed by atoms with Crippen molar-refractivity contribution in [1.82, 2.24) is 5.32 Å². The van der Waals surface area contributed by atoms with Gasteiger partial charge in [0.1, 0.15) is 5.78 Å². The van der Waals surface area contributed by atoms with Crippen LogP contribution in [0.25, 0.3) is 0 Å². The van der Waals surface area contributed by atoms with E-state index in [1.54, 1.807) is 0 Å². The highest BCUT2D eigenvalue weighted by Gasteiger charge is 2.02. The lowest BCUT2D eigenvalue weighted by atomic mass is 10.2. The number of carbonyl (C=O) groups is 1. The van der Waals surface area contributed by atoms with E-state index < -0.39 is 0 Å². The third kappa shape index (κ3) is 6.01. The molecule has 0 heterocycles. The number of carbonyl (C=O) groups excluding carboxylic acids is 1. The SMILES string of the molecule is CCCC(=O)CNC(C)CO. The number of nitrogens with one attached hydrogen (secondary N) is 1. The average molecular weight is 159 g/mol. The molecule has 0 aromatic carbocycles. The van der Waals surface area contributed by atoms with Gasteiger partial charge in [-0.05, 0) is 13.3 Å². The summed E-state index contributed by atoms with van der Waals surface area (Å²) in [5, 5.41) is 11.5. The molecule has 0 radical (unpaired) electrons. The Kier molecular flexibility index (Phi) is 6.07. The fourth-order valence-corrected chi connectivity index (χ4v) is 0.720. The summed E-state index contributed by atoms with van der Waals surface area (Å²) in [7, 11) is 0. The van der Waals surface area contributed by atoms with Crippen molar-refractivity contribution in [3.63, 3.8) is 0 Å². The molecule has 1 atom stereocenters. The fourth-order valence-electron chi connectivity index (χ4n) is 0.720. The number of aliphatic hydroxyl groups excluding tert-OH is 1. The van der Waals surface area contributed by atoms with Crippen molar-refractivity contribution in [3.05, 3.63) is 0 Å². The summed E-state index contributed by atoms with van der Waals surface area (Å²) >= 11 is 0. The van der Waals surface area contributed by atoms with Gasteiger partial charge in [0, 0.05) is 12.5 Å². The van der Waals surface area contributed by atoms with Crippen LogP contribution in [0.2, 0.25) is 0 Å². The lowest BCUT2D eigenvalue weighted by molar-refractivity contribution is -0.118. The summed E-state index contributed by atoms with van der Waals surface area (Å²) in [4.78, 5) is 10.9. The van der Waals surface area contributed by atoms with Crippen LogP contribution in [0.5, 0.6) is 0 Å². The summed E-state index contributed by atoms with van der Waals surface area (Å²) in [5.41, 5.74) is 0. The first-order valence-corrected chi connectivity index (χ1v) is 4.06. The average Bonchev–Trinajstić information content (AvgIpc) is 2.01. The van der Waals surface area contributed by atoms with Gasteiger partial charge in [-0.3, -0.25) is 4.79 Å². The second-order valence-electron chi connectivity index (χ2n) is 2.75. The van der Waals surface area contributed by atoms with Crippen molar-refractivity contribution >= 4 is 5.78 Å². The first-order chi connectivity index (χ1) is 5.20. The third-order valence-electron chi connectivity index (χ3n) is 1.45. The molecule has 0 aliphatic heterocycles. The Morgan fingerprint density at radius 2 is 2.27 bits per heavy atom. The molecule has 2 N–H and O–H groups in total. The van der Waals surface area contributed by atoms with Crippen LogP contribution in [0.15, 0.2) is 0 Å². The van der Waals surface area contributed by atoms with E-state index in [2.05, 4.69) is 5.32 Å². The molecule has 0 spiro atoms. The van der Waals surface area contributed by atoms with Crippen molar-refractivity contribution in [3.8, 4) is 0 Å². The minimum Gasteiger partial charge on any atom is -0.395 e. The van der Waals surface area contributed by atoms with Gasteiger partial charge in [-0.2, -0.15) is 0 Å². The molecule has 0 saturated carbocycles. The van der Waals surface area contributed by atoms with Crippen LogP contribution >= 0.6 is 0 Å². The molecule has 0 rings (SSSR count). The fraction of sp³-hybridized carbons (Fsp3) is 0.875. The summed E-state index contributed by atoms with van der Waals surface area (Å²) < 4.78 is 0. The molecular weight excluding hydrogens is 142 g/mol. The zero-order chi connectivity index (χ0) is 8.69. The number of Topliss-reactive ketones (excluding diaryl/α,β-unsaturated/α-hetero) is 1. The van der Waals surface area contributed by atoms with Crippen LogP contribution < -0.4 is 5.32 Å². The highest BCUT2D eigenvalue weighted by molar-refractivity contribution is 5.80. The minimum atomic E-state index is 0.0239. The van der Waals surface area contributed by atoms with E-state index in [9.17, 15) is 4.79 Å². The molecule has 0 aliphatic carbocycles. The number of hydrogen-bond donors (Lipinski definition) is 2. The molecule has 3 heteroatoms. The van der Waals surface area contributed by atoms with Gasteiger partial charge in [-0.25, -0.2) is 0 Å². The molecule has 0 amide bonds. The zero-order valence-corrected chi connectivity index (χ0v) is 7.26. The van der Waals surface area contributed by atoms with Crippen molar-refractivity contribution in [2.24, 2.45) is 0 Å². The van der Waals surface area contributed by atoms with E-state index in [0.717, 1.165) is 6.42 Å². The van der Waals surface area contributed by atoms with Gasteiger partial charge in [0.05, 0.1) is 13.2 Å². The Balaban J connectivity index is 3.30. The van der Waals surface area contributed by atoms with E-state index in [4.69, 9.17) is 5.11 Å². The van der Waals surface area contributed by atoms with Crippen LogP contribution in [0.4, 0.5) is 0 Å². The molecule has 0 fully saturated rings.